The van der Waals surface area contributed by atoms with Gasteiger partial charge in [-0.3, -0.25) is 4.90 Å². The van der Waals surface area contributed by atoms with Gasteiger partial charge in [-0.15, -0.1) is 0 Å². The number of ether oxygens (including phenoxy) is 1. The van der Waals surface area contributed by atoms with E-state index in [1.54, 1.807) is 0 Å². The molecule has 1 saturated heterocycles. The van der Waals surface area contributed by atoms with Crippen LogP contribution in [-0.2, 0) is 9.57 Å². The third kappa shape index (κ3) is 3.35. The maximum atomic E-state index is 5.55. The summed E-state index contributed by atoms with van der Waals surface area (Å²) in [5, 5.41) is 4.23. The summed E-state index contributed by atoms with van der Waals surface area (Å²) < 4.78 is 6.43. The van der Waals surface area contributed by atoms with Gasteiger partial charge < -0.3 is 9.57 Å². The van der Waals surface area contributed by atoms with Gasteiger partial charge in [-0.2, -0.15) is 0 Å². The van der Waals surface area contributed by atoms with E-state index in [0.717, 1.165) is 55.0 Å². The van der Waals surface area contributed by atoms with Crippen LogP contribution in [0.5, 0.6) is 0 Å². The van der Waals surface area contributed by atoms with Crippen LogP contribution in [-0.4, -0.2) is 49.6 Å². The van der Waals surface area contributed by atoms with Gasteiger partial charge in [0.25, 0.3) is 0 Å². The van der Waals surface area contributed by atoms with Gasteiger partial charge in [0.05, 0.1) is 18.9 Å². The molecule has 0 saturated carbocycles. The molecule has 3 rings (SSSR count). The molecule has 0 aromatic heterocycles. The van der Waals surface area contributed by atoms with Crippen LogP contribution < -0.4 is 0 Å². The lowest BCUT2D eigenvalue weighted by atomic mass is 10.0. The predicted molar refractivity (Wildman–Crippen MR) is 77.4 cm³/mol. The van der Waals surface area contributed by atoms with E-state index in [0.29, 0.717) is 0 Å². The molecule has 0 bridgehead atoms. The van der Waals surface area contributed by atoms with Crippen molar-refractivity contribution in [3.8, 4) is 0 Å². The summed E-state index contributed by atoms with van der Waals surface area (Å²) >= 11 is 3.44. The molecular formula is C14H17BrN2O2. The highest BCUT2D eigenvalue weighted by molar-refractivity contribution is 9.10. The highest BCUT2D eigenvalue weighted by Crippen LogP contribution is 2.19. The predicted octanol–water partition coefficient (Wildman–Crippen LogP) is 2.27. The zero-order chi connectivity index (χ0) is 13.1. The number of hydrogen-bond donors (Lipinski definition) is 0. The molecule has 2 aliphatic heterocycles. The molecule has 1 atom stereocenters. The van der Waals surface area contributed by atoms with E-state index in [1.165, 1.54) is 0 Å². The molecule has 0 aliphatic carbocycles. The fourth-order valence-corrected chi connectivity index (χ4v) is 2.68. The van der Waals surface area contributed by atoms with Crippen molar-refractivity contribution in [1.29, 1.82) is 0 Å². The minimum absolute atomic E-state index is 0.178. The van der Waals surface area contributed by atoms with E-state index < -0.39 is 0 Å². The standard InChI is InChI=1S/C14H17BrN2O2/c15-12-3-1-11(2-4-12)14-9-13(19-16-14)10-17-5-7-18-8-6-17/h1-4,13H,5-10H2. The van der Waals surface area contributed by atoms with Gasteiger partial charge in [-0.1, -0.05) is 33.2 Å². The quantitative estimate of drug-likeness (QED) is 0.855. The number of benzene rings is 1. The Kier molecular flexibility index (Phi) is 4.15. The highest BCUT2D eigenvalue weighted by Gasteiger charge is 2.25. The van der Waals surface area contributed by atoms with Gasteiger partial charge in [0, 0.05) is 30.5 Å². The Morgan fingerprint density at radius 3 is 2.68 bits per heavy atom. The number of rotatable bonds is 3. The summed E-state index contributed by atoms with van der Waals surface area (Å²) in [4.78, 5) is 7.93. The van der Waals surface area contributed by atoms with E-state index in [2.05, 4.69) is 38.1 Å². The van der Waals surface area contributed by atoms with E-state index >= 15 is 0 Å². The van der Waals surface area contributed by atoms with Crippen LogP contribution >= 0.6 is 15.9 Å². The van der Waals surface area contributed by atoms with Crippen LogP contribution in [0.1, 0.15) is 12.0 Å². The molecule has 0 radical (unpaired) electrons. The average molecular weight is 325 g/mol. The van der Waals surface area contributed by atoms with E-state index in [-0.39, 0.29) is 6.10 Å². The van der Waals surface area contributed by atoms with Crippen LogP contribution in [0, 0.1) is 0 Å². The Labute approximate surface area is 121 Å². The SMILES string of the molecule is Brc1ccc(C2=NOC(CN3CCOCC3)C2)cc1. The first kappa shape index (κ1) is 13.1. The third-order valence-corrected chi connectivity index (χ3v) is 4.00. The maximum Gasteiger partial charge on any atom is 0.145 e. The molecule has 0 amide bonds. The van der Waals surface area contributed by atoms with Gasteiger partial charge in [-0.05, 0) is 17.7 Å². The molecule has 4 nitrogen and oxygen atoms in total. The lowest BCUT2D eigenvalue weighted by Crippen LogP contribution is -2.41. The minimum atomic E-state index is 0.178. The average Bonchev–Trinajstić information content (AvgIpc) is 2.89. The highest BCUT2D eigenvalue weighted by atomic mass is 79.9. The van der Waals surface area contributed by atoms with Gasteiger partial charge >= 0.3 is 0 Å². The fourth-order valence-electron chi connectivity index (χ4n) is 2.41. The van der Waals surface area contributed by atoms with Crippen LogP contribution in [0.25, 0.3) is 0 Å². The Morgan fingerprint density at radius 2 is 1.95 bits per heavy atom. The van der Waals surface area contributed by atoms with E-state index in [1.807, 2.05) is 12.1 Å². The Balaban J connectivity index is 1.55. The number of morpholine rings is 1. The first-order valence-corrected chi connectivity index (χ1v) is 7.39. The van der Waals surface area contributed by atoms with Gasteiger partial charge in [0.2, 0.25) is 0 Å². The lowest BCUT2D eigenvalue weighted by Gasteiger charge is -2.27. The van der Waals surface area contributed by atoms with Crippen LogP contribution in [0.3, 0.4) is 0 Å². The number of halogens is 1. The minimum Gasteiger partial charge on any atom is -0.390 e. The normalized spacial score (nSPS) is 24.1. The van der Waals surface area contributed by atoms with Crippen LogP contribution in [0.4, 0.5) is 0 Å². The molecule has 1 unspecified atom stereocenters. The summed E-state index contributed by atoms with van der Waals surface area (Å²) in [7, 11) is 0. The van der Waals surface area contributed by atoms with Crippen LogP contribution in [0.2, 0.25) is 0 Å². The number of nitrogens with zero attached hydrogens (tertiary/aromatic N) is 2. The molecule has 2 heterocycles. The monoisotopic (exact) mass is 324 g/mol. The summed E-state index contributed by atoms with van der Waals surface area (Å²) in [5.74, 6) is 0. The van der Waals surface area contributed by atoms with Crippen molar-refractivity contribution in [2.75, 3.05) is 32.8 Å². The van der Waals surface area contributed by atoms with E-state index in [4.69, 9.17) is 9.57 Å². The number of oxime groups is 1. The second-order valence-electron chi connectivity index (χ2n) is 4.89. The first-order chi connectivity index (χ1) is 9.31. The molecular weight excluding hydrogens is 308 g/mol. The molecule has 2 aliphatic rings. The second kappa shape index (κ2) is 6.03. The van der Waals surface area contributed by atoms with Crippen molar-refractivity contribution in [3.05, 3.63) is 34.3 Å². The zero-order valence-electron chi connectivity index (χ0n) is 10.7. The van der Waals surface area contributed by atoms with Gasteiger partial charge in [0.15, 0.2) is 0 Å². The molecule has 0 spiro atoms. The number of hydrogen-bond acceptors (Lipinski definition) is 4. The molecule has 19 heavy (non-hydrogen) atoms. The Hall–Kier alpha value is -0.910. The maximum absolute atomic E-state index is 5.55. The molecule has 1 fully saturated rings. The van der Waals surface area contributed by atoms with Crippen molar-refractivity contribution in [1.82, 2.24) is 4.90 Å². The van der Waals surface area contributed by atoms with Gasteiger partial charge in [0.1, 0.15) is 6.10 Å². The van der Waals surface area contributed by atoms with Gasteiger partial charge in [-0.25, -0.2) is 0 Å². The molecule has 5 heteroatoms. The smallest absolute Gasteiger partial charge is 0.145 e. The summed E-state index contributed by atoms with van der Waals surface area (Å²) in [6, 6.07) is 8.22. The lowest BCUT2D eigenvalue weighted by molar-refractivity contribution is -0.0000387. The Bertz CT molecular complexity index is 455. The molecule has 102 valence electrons. The third-order valence-electron chi connectivity index (χ3n) is 3.48. The fraction of sp³-hybridized carbons (Fsp3) is 0.500. The molecule has 1 aromatic rings. The molecule has 1 aromatic carbocycles. The second-order valence-corrected chi connectivity index (χ2v) is 5.81. The zero-order valence-corrected chi connectivity index (χ0v) is 12.3. The van der Waals surface area contributed by atoms with Crippen LogP contribution in [0.15, 0.2) is 33.9 Å². The Morgan fingerprint density at radius 1 is 1.21 bits per heavy atom. The van der Waals surface area contributed by atoms with Crippen molar-refractivity contribution in [2.45, 2.75) is 12.5 Å². The summed E-state index contributed by atoms with van der Waals surface area (Å²) in [6.45, 7) is 4.58. The van der Waals surface area contributed by atoms with Crippen molar-refractivity contribution >= 4 is 21.6 Å². The van der Waals surface area contributed by atoms with Crippen molar-refractivity contribution in [2.24, 2.45) is 5.16 Å². The first-order valence-electron chi connectivity index (χ1n) is 6.60. The molecule has 0 N–H and O–H groups in total. The summed E-state index contributed by atoms with van der Waals surface area (Å²) in [5.41, 5.74) is 2.19. The summed E-state index contributed by atoms with van der Waals surface area (Å²) in [6.07, 6.45) is 1.07. The topological polar surface area (TPSA) is 34.1 Å². The van der Waals surface area contributed by atoms with E-state index in [9.17, 15) is 0 Å². The van der Waals surface area contributed by atoms with Crippen molar-refractivity contribution in [3.63, 3.8) is 0 Å². The van der Waals surface area contributed by atoms with Crippen molar-refractivity contribution < 1.29 is 9.57 Å². The largest absolute Gasteiger partial charge is 0.390 e.